The van der Waals surface area contributed by atoms with E-state index >= 15 is 8.78 Å². The van der Waals surface area contributed by atoms with Gasteiger partial charge in [0.05, 0.1) is 30.0 Å². The van der Waals surface area contributed by atoms with Crippen molar-refractivity contribution in [1.82, 2.24) is 29.3 Å². The standard InChI is InChI=1S/C44H45F2N7O7S/c1-61(59,60)52-13-8-29-28-4-2-3-5-34(28)47-39(29)40(52)38-32(45)20-27(21-33(38)46)50-14-9-44(10-15-50)11-16-51(17-12-44)37(55)24-49-22-25-18-30-31(19-26(25)23-49)43(58)53(42(30)57)35-6-7-36(54)48-41(35)56/h2-5,18-21,35,40,47H,6-17,22-24H2,1H3,(H,48,54,56). The quantitative estimate of drug-likeness (QED) is 0.274. The highest BCUT2D eigenvalue weighted by molar-refractivity contribution is 7.88. The van der Waals surface area contributed by atoms with Crippen LogP contribution in [0.3, 0.4) is 0 Å². The molecule has 0 saturated carbocycles. The molecule has 14 nitrogen and oxygen atoms in total. The van der Waals surface area contributed by atoms with E-state index in [1.807, 2.05) is 39.0 Å². The summed E-state index contributed by atoms with van der Waals surface area (Å²) in [5.74, 6) is -3.78. The number of halogens is 2. The van der Waals surface area contributed by atoms with Crippen LogP contribution in [-0.4, -0.2) is 114 Å². The molecular weight excluding hydrogens is 809 g/mol. The summed E-state index contributed by atoms with van der Waals surface area (Å²) in [6, 6.07) is 11.4. The van der Waals surface area contributed by atoms with Gasteiger partial charge in [0.25, 0.3) is 11.8 Å². The van der Waals surface area contributed by atoms with Gasteiger partial charge in [-0.25, -0.2) is 17.2 Å². The summed E-state index contributed by atoms with van der Waals surface area (Å²) in [6.07, 6.45) is 4.84. The lowest BCUT2D eigenvalue weighted by Gasteiger charge is -2.47. The van der Waals surface area contributed by atoms with Gasteiger partial charge in [-0.3, -0.25) is 39.1 Å². The molecule has 2 unspecified atom stereocenters. The van der Waals surface area contributed by atoms with Crippen LogP contribution in [0, 0.1) is 17.0 Å². The number of rotatable bonds is 6. The molecule has 0 aliphatic carbocycles. The Hall–Kier alpha value is -5.52. The third-order valence-corrected chi connectivity index (χ3v) is 15.3. The molecule has 0 bridgehead atoms. The Labute approximate surface area is 350 Å². The summed E-state index contributed by atoms with van der Waals surface area (Å²) in [5.41, 5.74) is 4.41. The van der Waals surface area contributed by atoms with E-state index in [-0.39, 0.29) is 53.9 Å². The number of carbonyl (C=O) groups excluding carboxylic acids is 5. The zero-order chi connectivity index (χ0) is 42.5. The lowest BCUT2D eigenvalue weighted by molar-refractivity contribution is -0.137. The van der Waals surface area contributed by atoms with Crippen molar-refractivity contribution in [3.63, 3.8) is 0 Å². The second kappa shape index (κ2) is 14.6. The molecule has 2 N–H and O–H groups in total. The molecule has 3 saturated heterocycles. The van der Waals surface area contributed by atoms with E-state index in [4.69, 9.17) is 0 Å². The van der Waals surface area contributed by atoms with Gasteiger partial charge in [0.15, 0.2) is 0 Å². The summed E-state index contributed by atoms with van der Waals surface area (Å²) >= 11 is 0. The predicted octanol–water partition coefficient (Wildman–Crippen LogP) is 3.98. The first-order valence-electron chi connectivity index (χ1n) is 20.9. The van der Waals surface area contributed by atoms with Crippen LogP contribution in [0.15, 0.2) is 48.5 Å². The average molecular weight is 854 g/mol. The Kier molecular flexibility index (Phi) is 9.45. The molecule has 1 spiro atoms. The van der Waals surface area contributed by atoms with E-state index in [0.717, 1.165) is 64.4 Å². The van der Waals surface area contributed by atoms with E-state index in [1.165, 1.54) is 16.4 Å². The van der Waals surface area contributed by atoms with Gasteiger partial charge in [0.2, 0.25) is 27.7 Å². The Morgan fingerprint density at radius 1 is 0.836 bits per heavy atom. The molecule has 3 aromatic carbocycles. The van der Waals surface area contributed by atoms with Crippen LogP contribution < -0.4 is 10.2 Å². The van der Waals surface area contributed by atoms with Crippen molar-refractivity contribution in [1.29, 1.82) is 0 Å². The van der Waals surface area contributed by atoms with Gasteiger partial charge in [-0.1, -0.05) is 18.2 Å². The Bertz CT molecular complexity index is 2620. The van der Waals surface area contributed by atoms with Gasteiger partial charge in [-0.05, 0) is 91.0 Å². The highest BCUT2D eigenvalue weighted by atomic mass is 32.2. The fourth-order valence-electron chi connectivity index (χ4n) is 10.7. The Morgan fingerprint density at radius 3 is 2.08 bits per heavy atom. The number of benzene rings is 3. The zero-order valence-electron chi connectivity index (χ0n) is 33.6. The van der Waals surface area contributed by atoms with E-state index < -0.39 is 57.4 Å². The second-order valence-corrected chi connectivity index (χ2v) is 19.5. The number of likely N-dealkylation sites (tertiary alicyclic amines) is 1. The number of aromatic nitrogens is 1. The highest BCUT2D eigenvalue weighted by Gasteiger charge is 2.46. The van der Waals surface area contributed by atoms with Crippen molar-refractivity contribution in [2.24, 2.45) is 5.41 Å². The number of anilines is 1. The molecule has 4 aromatic rings. The van der Waals surface area contributed by atoms with Crippen LogP contribution in [0.5, 0.6) is 0 Å². The van der Waals surface area contributed by atoms with Crippen molar-refractivity contribution in [2.45, 2.75) is 70.1 Å². The van der Waals surface area contributed by atoms with Gasteiger partial charge in [-0.15, -0.1) is 0 Å². The molecule has 10 rings (SSSR count). The SMILES string of the molecule is CS(=O)(=O)N1CCc2c([nH]c3ccccc23)C1c1c(F)cc(N2CCC3(CCN(C(=O)CN4Cc5cc6c(cc5C4)C(=O)N(C4CCC(=O)NC4=O)C6=O)CC3)CC2)cc1F. The minimum Gasteiger partial charge on any atom is -0.371 e. The maximum Gasteiger partial charge on any atom is 0.262 e. The predicted molar refractivity (Wildman–Crippen MR) is 219 cm³/mol. The van der Waals surface area contributed by atoms with Gasteiger partial charge < -0.3 is 14.8 Å². The summed E-state index contributed by atoms with van der Waals surface area (Å²) < 4.78 is 59.6. The second-order valence-electron chi connectivity index (χ2n) is 17.5. The maximum atomic E-state index is 16.2. The zero-order valence-corrected chi connectivity index (χ0v) is 34.5. The molecule has 2 atom stereocenters. The number of aromatic amines is 1. The van der Waals surface area contributed by atoms with Crippen molar-refractivity contribution in [2.75, 3.05) is 50.4 Å². The average Bonchev–Trinajstić information content (AvgIpc) is 3.88. The van der Waals surface area contributed by atoms with Crippen molar-refractivity contribution in [3.8, 4) is 0 Å². The first kappa shape index (κ1) is 39.6. The highest BCUT2D eigenvalue weighted by Crippen LogP contribution is 2.45. The van der Waals surface area contributed by atoms with E-state index in [1.54, 1.807) is 12.1 Å². The molecule has 6 aliphatic heterocycles. The number of sulfonamides is 1. The summed E-state index contributed by atoms with van der Waals surface area (Å²) in [5, 5.41) is 3.12. The number of nitrogens with zero attached hydrogens (tertiary/aromatic N) is 5. The van der Waals surface area contributed by atoms with Crippen LogP contribution in [-0.2, 0) is 43.9 Å². The molecule has 7 heterocycles. The van der Waals surface area contributed by atoms with Crippen molar-refractivity contribution >= 4 is 56.1 Å². The fraction of sp³-hybridized carbons (Fsp3) is 0.432. The molecular formula is C44H45F2N7O7S. The maximum absolute atomic E-state index is 16.2. The number of hydrogen-bond donors (Lipinski definition) is 2. The van der Waals surface area contributed by atoms with Gasteiger partial charge in [0, 0.05) is 80.1 Å². The molecule has 318 valence electrons. The lowest BCUT2D eigenvalue weighted by atomic mass is 9.71. The summed E-state index contributed by atoms with van der Waals surface area (Å²) in [6.45, 7) is 3.52. The smallest absolute Gasteiger partial charge is 0.262 e. The van der Waals surface area contributed by atoms with Crippen molar-refractivity contribution in [3.05, 3.63) is 99.2 Å². The minimum absolute atomic E-state index is 0.000348. The first-order chi connectivity index (χ1) is 29.2. The van der Waals surface area contributed by atoms with E-state index in [2.05, 4.69) is 10.3 Å². The minimum atomic E-state index is -3.82. The largest absolute Gasteiger partial charge is 0.371 e. The van der Waals surface area contributed by atoms with Gasteiger partial charge in [0.1, 0.15) is 17.7 Å². The number of imide groups is 2. The Balaban J connectivity index is 0.758. The van der Waals surface area contributed by atoms with Crippen LogP contribution in [0.2, 0.25) is 0 Å². The monoisotopic (exact) mass is 853 g/mol. The molecule has 6 aliphatic rings. The molecule has 61 heavy (non-hydrogen) atoms. The number of piperidine rings is 3. The third kappa shape index (κ3) is 6.72. The molecule has 3 fully saturated rings. The fourth-order valence-corrected chi connectivity index (χ4v) is 11.7. The molecule has 1 aromatic heterocycles. The van der Waals surface area contributed by atoms with Gasteiger partial charge in [-0.2, -0.15) is 4.31 Å². The topological polar surface area (TPSA) is 164 Å². The number of nitrogens with one attached hydrogen (secondary N) is 2. The lowest BCUT2D eigenvalue weighted by Crippen LogP contribution is -2.54. The normalized spacial score (nSPS) is 23.2. The van der Waals surface area contributed by atoms with E-state index in [0.29, 0.717) is 57.1 Å². The number of para-hydroxylation sites is 1. The number of fused-ring (bicyclic) bond motifs is 5. The number of hydrogen-bond acceptors (Lipinski definition) is 9. The molecule has 5 amide bonds. The van der Waals surface area contributed by atoms with Crippen LogP contribution in [0.25, 0.3) is 10.9 Å². The summed E-state index contributed by atoms with van der Waals surface area (Å²) in [7, 11) is -3.82. The molecule has 17 heteroatoms. The Morgan fingerprint density at radius 2 is 1.46 bits per heavy atom. The van der Waals surface area contributed by atoms with E-state index in [9.17, 15) is 32.4 Å². The number of H-pyrrole nitrogens is 1. The molecule has 0 radical (unpaired) electrons. The first-order valence-corrected chi connectivity index (χ1v) is 22.7. The number of carbonyl (C=O) groups is 5. The number of amides is 5. The van der Waals surface area contributed by atoms with Gasteiger partial charge >= 0.3 is 0 Å². The summed E-state index contributed by atoms with van der Waals surface area (Å²) in [4.78, 5) is 74.4. The van der Waals surface area contributed by atoms with Crippen LogP contribution in [0.1, 0.15) is 93.2 Å². The van der Waals surface area contributed by atoms with Crippen LogP contribution >= 0.6 is 0 Å². The third-order valence-electron chi connectivity index (χ3n) is 14.0. The van der Waals surface area contributed by atoms with Crippen LogP contribution in [0.4, 0.5) is 14.5 Å². The van der Waals surface area contributed by atoms with Crippen molar-refractivity contribution < 1.29 is 41.2 Å².